The van der Waals surface area contributed by atoms with Crippen molar-refractivity contribution in [1.29, 1.82) is 0 Å². The largest absolute Gasteiger partial charge is 0.462 e. The summed E-state index contributed by atoms with van der Waals surface area (Å²) in [6, 6.07) is 0. The minimum absolute atomic E-state index is 0.0169. The molecule has 11 heavy (non-hydrogen) atoms. The summed E-state index contributed by atoms with van der Waals surface area (Å²) in [6.07, 6.45) is 1.78. The molecular formula is C7H12O2S2. The molecular weight excluding hydrogens is 180 g/mol. The van der Waals surface area contributed by atoms with E-state index in [0.29, 0.717) is 5.75 Å². The van der Waals surface area contributed by atoms with E-state index in [1.807, 2.05) is 0 Å². The van der Waals surface area contributed by atoms with Crippen LogP contribution in [0.5, 0.6) is 0 Å². The topological polar surface area (TPSA) is 26.3 Å². The van der Waals surface area contributed by atoms with Crippen LogP contribution in [-0.4, -0.2) is 23.6 Å². The molecule has 2 unspecified atom stereocenters. The molecule has 0 bridgehead atoms. The summed E-state index contributed by atoms with van der Waals surface area (Å²) in [5.41, 5.74) is 0. The van der Waals surface area contributed by atoms with Crippen LogP contribution in [0.2, 0.25) is 0 Å². The van der Waals surface area contributed by atoms with Gasteiger partial charge in [-0.2, -0.15) is 25.3 Å². The smallest absolute Gasteiger partial charge is 0.310 e. The maximum Gasteiger partial charge on any atom is 0.310 e. The number of rotatable bonds is 3. The number of hydrogen-bond donors (Lipinski definition) is 2. The second kappa shape index (κ2) is 4.26. The van der Waals surface area contributed by atoms with Crippen LogP contribution in [0.1, 0.15) is 12.8 Å². The molecule has 0 amide bonds. The summed E-state index contributed by atoms with van der Waals surface area (Å²) in [5, 5.41) is 0. The van der Waals surface area contributed by atoms with Gasteiger partial charge in [0.1, 0.15) is 6.10 Å². The lowest BCUT2D eigenvalue weighted by Gasteiger charge is -2.04. The number of carbonyl (C=O) groups excluding carboxylic acids is 1. The van der Waals surface area contributed by atoms with Gasteiger partial charge < -0.3 is 4.74 Å². The number of ether oxygens (including phenoxy) is 1. The summed E-state index contributed by atoms with van der Waals surface area (Å²) in [4.78, 5) is 11.0. The van der Waals surface area contributed by atoms with E-state index < -0.39 is 0 Å². The van der Waals surface area contributed by atoms with Crippen LogP contribution >= 0.6 is 25.3 Å². The van der Waals surface area contributed by atoms with Crippen molar-refractivity contribution in [2.24, 2.45) is 5.92 Å². The molecule has 0 aromatic carbocycles. The van der Waals surface area contributed by atoms with Crippen LogP contribution in [0.25, 0.3) is 0 Å². The van der Waals surface area contributed by atoms with Crippen molar-refractivity contribution >= 4 is 31.2 Å². The predicted molar refractivity (Wildman–Crippen MR) is 50.3 cm³/mol. The van der Waals surface area contributed by atoms with E-state index in [9.17, 15) is 4.79 Å². The Morgan fingerprint density at radius 2 is 2.27 bits per heavy atom. The van der Waals surface area contributed by atoms with Crippen LogP contribution in [-0.2, 0) is 9.53 Å². The van der Waals surface area contributed by atoms with Gasteiger partial charge in [0.2, 0.25) is 0 Å². The number of cyclic esters (lactones) is 1. The van der Waals surface area contributed by atoms with Gasteiger partial charge in [-0.3, -0.25) is 4.79 Å². The summed E-state index contributed by atoms with van der Waals surface area (Å²) in [5.74, 6) is 1.30. The summed E-state index contributed by atoms with van der Waals surface area (Å²) in [6.45, 7) is 0. The van der Waals surface area contributed by atoms with Gasteiger partial charge in [0.25, 0.3) is 0 Å². The maximum atomic E-state index is 11.0. The lowest BCUT2D eigenvalue weighted by atomic mass is 10.1. The first kappa shape index (κ1) is 9.26. The monoisotopic (exact) mass is 192 g/mol. The number of hydrogen-bond acceptors (Lipinski definition) is 4. The van der Waals surface area contributed by atoms with E-state index in [1.165, 1.54) is 0 Å². The highest BCUT2D eigenvalue weighted by Crippen LogP contribution is 2.24. The number of thiol groups is 2. The molecule has 1 rings (SSSR count). The summed E-state index contributed by atoms with van der Waals surface area (Å²) >= 11 is 8.14. The highest BCUT2D eigenvalue weighted by Gasteiger charge is 2.32. The first-order valence-corrected chi connectivity index (χ1v) is 4.96. The lowest BCUT2D eigenvalue weighted by Crippen LogP contribution is -2.08. The van der Waals surface area contributed by atoms with Gasteiger partial charge in [-0.05, 0) is 18.6 Å². The Morgan fingerprint density at radius 3 is 2.73 bits per heavy atom. The fourth-order valence-corrected chi connectivity index (χ4v) is 1.78. The third-order valence-electron chi connectivity index (χ3n) is 1.84. The van der Waals surface area contributed by atoms with Crippen molar-refractivity contribution in [3.05, 3.63) is 0 Å². The van der Waals surface area contributed by atoms with Crippen molar-refractivity contribution in [2.45, 2.75) is 18.9 Å². The molecule has 1 aliphatic heterocycles. The van der Waals surface area contributed by atoms with Gasteiger partial charge in [-0.1, -0.05) is 0 Å². The Bertz CT molecular complexity index is 149. The van der Waals surface area contributed by atoms with Gasteiger partial charge in [-0.15, -0.1) is 0 Å². The second-order valence-corrected chi connectivity index (χ2v) is 3.50. The molecule has 2 nitrogen and oxygen atoms in total. The molecule has 0 aliphatic carbocycles. The molecule has 0 spiro atoms. The maximum absolute atomic E-state index is 11.0. The van der Waals surface area contributed by atoms with Crippen molar-refractivity contribution in [1.82, 2.24) is 0 Å². The Morgan fingerprint density at radius 1 is 1.55 bits per heavy atom. The van der Waals surface area contributed by atoms with Gasteiger partial charge in [0, 0.05) is 5.75 Å². The van der Waals surface area contributed by atoms with Crippen LogP contribution in [0.3, 0.4) is 0 Å². The van der Waals surface area contributed by atoms with Crippen LogP contribution in [0.4, 0.5) is 0 Å². The van der Waals surface area contributed by atoms with Crippen molar-refractivity contribution in [3.8, 4) is 0 Å². The average molecular weight is 192 g/mol. The van der Waals surface area contributed by atoms with E-state index in [4.69, 9.17) is 4.74 Å². The summed E-state index contributed by atoms with van der Waals surface area (Å²) in [7, 11) is 0. The Kier molecular flexibility index (Phi) is 3.59. The zero-order valence-corrected chi connectivity index (χ0v) is 7.98. The van der Waals surface area contributed by atoms with Crippen LogP contribution in [0, 0.1) is 5.92 Å². The number of esters is 1. The second-order valence-electron chi connectivity index (χ2n) is 2.69. The fourth-order valence-electron chi connectivity index (χ4n) is 1.19. The number of carbonyl (C=O) groups is 1. The molecule has 0 saturated carbocycles. The Labute approximate surface area is 77.5 Å². The molecule has 1 heterocycles. The molecule has 2 atom stereocenters. The molecule has 1 fully saturated rings. The molecule has 1 saturated heterocycles. The van der Waals surface area contributed by atoms with E-state index in [-0.39, 0.29) is 18.0 Å². The average Bonchev–Trinajstić information content (AvgIpc) is 2.32. The molecule has 4 heteroatoms. The zero-order valence-electron chi connectivity index (χ0n) is 6.19. The molecule has 64 valence electrons. The molecule has 0 N–H and O–H groups in total. The normalized spacial score (nSPS) is 30.5. The van der Waals surface area contributed by atoms with Crippen LogP contribution in [0.15, 0.2) is 0 Å². The fraction of sp³-hybridized carbons (Fsp3) is 0.857. The van der Waals surface area contributed by atoms with Gasteiger partial charge >= 0.3 is 5.97 Å². The minimum atomic E-state index is -0.0909. The van der Waals surface area contributed by atoms with E-state index >= 15 is 0 Å². The SMILES string of the molecule is O=C1OC(CCS)CC1CS. The molecule has 0 aromatic rings. The molecule has 0 radical (unpaired) electrons. The van der Waals surface area contributed by atoms with Crippen molar-refractivity contribution < 1.29 is 9.53 Å². The van der Waals surface area contributed by atoms with E-state index in [0.717, 1.165) is 18.6 Å². The van der Waals surface area contributed by atoms with Crippen molar-refractivity contribution in [3.63, 3.8) is 0 Å². The third-order valence-corrected chi connectivity index (χ3v) is 2.53. The standard InChI is InChI=1S/C7H12O2S2/c8-7-5(4-11)3-6(9-7)1-2-10/h5-6,10-11H,1-4H2. The van der Waals surface area contributed by atoms with Crippen molar-refractivity contribution in [2.75, 3.05) is 11.5 Å². The highest BCUT2D eigenvalue weighted by atomic mass is 32.1. The van der Waals surface area contributed by atoms with Crippen LogP contribution < -0.4 is 0 Å². The minimum Gasteiger partial charge on any atom is -0.462 e. The Hall–Kier alpha value is 0.170. The predicted octanol–water partition coefficient (Wildman–Crippen LogP) is 1.17. The third kappa shape index (κ3) is 2.30. The quantitative estimate of drug-likeness (QED) is 0.518. The van der Waals surface area contributed by atoms with Gasteiger partial charge in [0.15, 0.2) is 0 Å². The lowest BCUT2D eigenvalue weighted by molar-refractivity contribution is -0.143. The molecule has 1 aliphatic rings. The highest BCUT2D eigenvalue weighted by molar-refractivity contribution is 7.80. The first-order valence-electron chi connectivity index (χ1n) is 3.70. The Balaban J connectivity index is 2.36. The summed E-state index contributed by atoms with van der Waals surface area (Å²) < 4.78 is 5.07. The molecule has 0 aromatic heterocycles. The van der Waals surface area contributed by atoms with Gasteiger partial charge in [-0.25, -0.2) is 0 Å². The zero-order chi connectivity index (χ0) is 8.27. The van der Waals surface area contributed by atoms with Gasteiger partial charge in [0.05, 0.1) is 5.92 Å². The first-order chi connectivity index (χ1) is 5.27. The van der Waals surface area contributed by atoms with E-state index in [2.05, 4.69) is 25.3 Å². The van der Waals surface area contributed by atoms with E-state index in [1.54, 1.807) is 0 Å².